The molecule has 2 saturated carbocycles. The van der Waals surface area contributed by atoms with Crippen LogP contribution in [0.15, 0.2) is 0 Å². The van der Waals surface area contributed by atoms with E-state index >= 15 is 0 Å². The number of carbonyl (C=O) groups excluding carboxylic acids is 2. The summed E-state index contributed by atoms with van der Waals surface area (Å²) in [7, 11) is 0. The summed E-state index contributed by atoms with van der Waals surface area (Å²) in [6.07, 6.45) is -2.29. The lowest BCUT2D eigenvalue weighted by Crippen LogP contribution is -2.50. The minimum absolute atomic E-state index is 0.145. The van der Waals surface area contributed by atoms with Crippen molar-refractivity contribution >= 4 is 37.2 Å². The van der Waals surface area contributed by atoms with Gasteiger partial charge < -0.3 is 19.7 Å². The highest BCUT2D eigenvalue weighted by Gasteiger charge is 2.50. The molecule has 12 heteroatoms. The molecule has 2 aliphatic carbocycles. The van der Waals surface area contributed by atoms with Crippen LogP contribution >= 0.6 is 25.3 Å². The van der Waals surface area contributed by atoms with Gasteiger partial charge in [0, 0.05) is 25.7 Å². The first-order chi connectivity index (χ1) is 15.9. The number of ether oxygens (including phenoxy) is 2. The summed E-state index contributed by atoms with van der Waals surface area (Å²) in [6.45, 7) is 10.2. The van der Waals surface area contributed by atoms with Crippen LogP contribution in [0.4, 0.5) is 17.6 Å². The number of hydrogen-bond donors (Lipinski definition) is 4. The molecule has 0 radical (unpaired) electrons. The van der Waals surface area contributed by atoms with Gasteiger partial charge in [0.25, 0.3) is 0 Å². The monoisotopic (exact) mass is 564 g/mol. The molecule has 212 valence electrons. The highest BCUT2D eigenvalue weighted by atomic mass is 32.1. The number of thiol groups is 2. The molecule has 0 aromatic rings. The third kappa shape index (κ3) is 10.6. The van der Waals surface area contributed by atoms with Crippen molar-refractivity contribution in [2.75, 3.05) is 0 Å². The molecule has 0 aromatic heterocycles. The molecule has 36 heavy (non-hydrogen) atoms. The van der Waals surface area contributed by atoms with Crippen LogP contribution in [0.3, 0.4) is 0 Å². The lowest BCUT2D eigenvalue weighted by atomic mass is 9.80. The van der Waals surface area contributed by atoms with Gasteiger partial charge in [-0.25, -0.2) is 17.6 Å². The van der Waals surface area contributed by atoms with Crippen LogP contribution in [0.25, 0.3) is 0 Å². The summed E-state index contributed by atoms with van der Waals surface area (Å²) in [6, 6.07) is 0. The van der Waals surface area contributed by atoms with Crippen molar-refractivity contribution in [3.63, 3.8) is 0 Å². The molecular weight excluding hydrogens is 524 g/mol. The number of alkyl halides is 4. The highest BCUT2D eigenvalue weighted by Crippen LogP contribution is 2.43. The molecule has 2 rings (SSSR count). The molecular formula is C24H40F4O6S2. The van der Waals surface area contributed by atoms with Crippen LogP contribution in [-0.4, -0.2) is 66.9 Å². The third-order valence-electron chi connectivity index (χ3n) is 5.97. The second kappa shape index (κ2) is 11.6. The van der Waals surface area contributed by atoms with E-state index in [1.54, 1.807) is 41.5 Å². The SMILES string of the molecule is CC(C)(C)OC(=O)C(S)C1(O)CCC(F)(F)CC1.CC(C)(C)OC(=O)C(S)C1(O)CCC(F)(F)CC1. The molecule has 0 bridgehead atoms. The van der Waals surface area contributed by atoms with Gasteiger partial charge in [-0.2, -0.15) is 25.3 Å². The Bertz CT molecular complexity index is 696. The van der Waals surface area contributed by atoms with Crippen LogP contribution in [0, 0.1) is 0 Å². The molecule has 0 aliphatic heterocycles. The van der Waals surface area contributed by atoms with E-state index in [4.69, 9.17) is 9.47 Å². The van der Waals surface area contributed by atoms with Gasteiger partial charge in [-0.15, -0.1) is 0 Å². The van der Waals surface area contributed by atoms with Crippen LogP contribution in [-0.2, 0) is 19.1 Å². The average molecular weight is 565 g/mol. The predicted octanol–water partition coefficient (Wildman–Crippen LogP) is 5.13. The number of halogens is 4. The Kier molecular flexibility index (Phi) is 10.7. The van der Waals surface area contributed by atoms with Gasteiger partial charge >= 0.3 is 11.9 Å². The predicted molar refractivity (Wildman–Crippen MR) is 134 cm³/mol. The Morgan fingerprint density at radius 2 is 0.861 bits per heavy atom. The fourth-order valence-electron chi connectivity index (χ4n) is 3.80. The molecule has 0 saturated heterocycles. The molecule has 2 aliphatic rings. The summed E-state index contributed by atoms with van der Waals surface area (Å²) in [4.78, 5) is 23.6. The first-order valence-electron chi connectivity index (χ1n) is 11.9. The maximum Gasteiger partial charge on any atom is 0.322 e. The van der Waals surface area contributed by atoms with Crippen molar-refractivity contribution in [1.82, 2.24) is 0 Å². The van der Waals surface area contributed by atoms with Gasteiger partial charge in [0.1, 0.15) is 21.7 Å². The zero-order chi connectivity index (χ0) is 28.4. The molecule has 0 aromatic carbocycles. The van der Waals surface area contributed by atoms with Crippen molar-refractivity contribution in [2.45, 2.75) is 138 Å². The average Bonchev–Trinajstić information content (AvgIpc) is 2.70. The molecule has 2 unspecified atom stereocenters. The minimum atomic E-state index is -2.76. The first kappa shape index (κ1) is 33.3. The summed E-state index contributed by atoms with van der Waals surface area (Å²) in [5, 5.41) is 18.3. The Labute approximate surface area is 221 Å². The fraction of sp³-hybridized carbons (Fsp3) is 0.917. The van der Waals surface area contributed by atoms with Gasteiger partial charge in [0.2, 0.25) is 11.8 Å². The normalized spacial score (nSPS) is 24.4. The first-order valence-corrected chi connectivity index (χ1v) is 13.0. The van der Waals surface area contributed by atoms with E-state index in [1.807, 2.05) is 0 Å². The van der Waals surface area contributed by atoms with E-state index in [-0.39, 0.29) is 25.7 Å². The van der Waals surface area contributed by atoms with E-state index in [0.717, 1.165) is 0 Å². The van der Waals surface area contributed by atoms with E-state index in [0.29, 0.717) is 0 Å². The van der Waals surface area contributed by atoms with Crippen molar-refractivity contribution in [2.24, 2.45) is 0 Å². The summed E-state index contributed by atoms with van der Waals surface area (Å²) in [5.74, 6) is -6.85. The van der Waals surface area contributed by atoms with Gasteiger partial charge in [-0.05, 0) is 67.2 Å². The van der Waals surface area contributed by atoms with Gasteiger partial charge in [-0.3, -0.25) is 9.59 Å². The van der Waals surface area contributed by atoms with Gasteiger partial charge in [0.15, 0.2) is 0 Å². The number of esters is 2. The van der Waals surface area contributed by atoms with Crippen molar-refractivity contribution in [3.8, 4) is 0 Å². The van der Waals surface area contributed by atoms with E-state index in [9.17, 15) is 37.4 Å². The molecule has 0 spiro atoms. The van der Waals surface area contributed by atoms with Crippen molar-refractivity contribution in [3.05, 3.63) is 0 Å². The van der Waals surface area contributed by atoms with E-state index in [1.165, 1.54) is 0 Å². The van der Waals surface area contributed by atoms with Crippen molar-refractivity contribution in [1.29, 1.82) is 0 Å². The molecule has 2 atom stereocenters. The van der Waals surface area contributed by atoms with Crippen LogP contribution in [0.1, 0.15) is 92.9 Å². The lowest BCUT2D eigenvalue weighted by Gasteiger charge is -2.39. The Balaban J connectivity index is 0.000000360. The second-order valence-corrected chi connectivity index (χ2v) is 12.8. The number of hydrogen-bond acceptors (Lipinski definition) is 8. The Hall–Kier alpha value is -0.720. The number of rotatable bonds is 4. The standard InChI is InChI=1S/2C12H20F2O3S/c2*1-10(2,3)17-9(15)8(18)11(16)4-6-12(13,14)7-5-11/h2*8,16,18H,4-7H2,1-3H3. The van der Waals surface area contributed by atoms with Gasteiger partial charge in [-0.1, -0.05) is 0 Å². The van der Waals surface area contributed by atoms with Crippen LogP contribution in [0.2, 0.25) is 0 Å². The topological polar surface area (TPSA) is 93.1 Å². The summed E-state index contributed by atoms with van der Waals surface area (Å²) in [5.41, 5.74) is -4.39. The quantitative estimate of drug-likeness (QED) is 0.215. The molecule has 6 nitrogen and oxygen atoms in total. The summed E-state index contributed by atoms with van der Waals surface area (Å²) < 4.78 is 62.3. The third-order valence-corrected chi connectivity index (χ3v) is 7.36. The zero-order valence-electron chi connectivity index (χ0n) is 21.7. The molecule has 2 fully saturated rings. The lowest BCUT2D eigenvalue weighted by molar-refractivity contribution is -0.165. The van der Waals surface area contributed by atoms with Crippen molar-refractivity contribution < 1.29 is 46.8 Å². The van der Waals surface area contributed by atoms with Crippen LogP contribution in [0.5, 0.6) is 0 Å². The van der Waals surface area contributed by atoms with E-state index < -0.39 is 82.4 Å². The fourth-order valence-corrected chi connectivity index (χ4v) is 4.42. The highest BCUT2D eigenvalue weighted by molar-refractivity contribution is 7.82. The Morgan fingerprint density at radius 1 is 0.639 bits per heavy atom. The Morgan fingerprint density at radius 3 is 1.06 bits per heavy atom. The number of aliphatic hydroxyl groups is 2. The molecule has 0 amide bonds. The number of carbonyl (C=O) groups is 2. The molecule has 2 N–H and O–H groups in total. The van der Waals surface area contributed by atoms with E-state index in [2.05, 4.69) is 25.3 Å². The maximum absolute atomic E-state index is 13.0. The van der Waals surface area contributed by atoms with Gasteiger partial charge in [0.05, 0.1) is 11.2 Å². The second-order valence-electron chi connectivity index (χ2n) is 11.8. The minimum Gasteiger partial charge on any atom is -0.459 e. The molecule has 0 heterocycles. The smallest absolute Gasteiger partial charge is 0.322 e. The van der Waals surface area contributed by atoms with Crippen LogP contribution < -0.4 is 0 Å². The maximum atomic E-state index is 13.0. The largest absolute Gasteiger partial charge is 0.459 e. The zero-order valence-corrected chi connectivity index (χ0v) is 23.5. The summed E-state index contributed by atoms with van der Waals surface area (Å²) >= 11 is 8.11.